The molecule has 0 saturated heterocycles. The standard InChI is InChI=1S/C11H23N3OS/c1-6-11(7-2,8(12)16)14-9(15)13-10(3,4)5/h6-7H2,1-5H3,(H2,12,16)(H2,13,14,15). The molecular formula is C11H23N3OS. The van der Waals surface area contributed by atoms with Gasteiger partial charge in [0.2, 0.25) is 0 Å². The number of carbonyl (C=O) groups is 1. The zero-order valence-corrected chi connectivity index (χ0v) is 11.6. The van der Waals surface area contributed by atoms with Crippen molar-refractivity contribution in [1.82, 2.24) is 10.6 Å². The van der Waals surface area contributed by atoms with Crippen molar-refractivity contribution in [2.45, 2.75) is 58.5 Å². The van der Waals surface area contributed by atoms with Crippen LogP contribution < -0.4 is 16.4 Å². The maximum Gasteiger partial charge on any atom is 0.315 e. The fourth-order valence-electron chi connectivity index (χ4n) is 1.43. The third-order valence-electron chi connectivity index (χ3n) is 2.52. The first-order chi connectivity index (χ1) is 7.17. The summed E-state index contributed by atoms with van der Waals surface area (Å²) in [5, 5.41) is 5.70. The van der Waals surface area contributed by atoms with Gasteiger partial charge in [0, 0.05) is 5.54 Å². The van der Waals surface area contributed by atoms with Crippen molar-refractivity contribution < 1.29 is 4.79 Å². The molecule has 94 valence electrons. The molecule has 0 aliphatic rings. The van der Waals surface area contributed by atoms with Crippen LogP contribution in [0.25, 0.3) is 0 Å². The molecule has 0 aliphatic carbocycles. The van der Waals surface area contributed by atoms with E-state index in [-0.39, 0.29) is 11.6 Å². The Balaban J connectivity index is 4.66. The Morgan fingerprint density at radius 2 is 1.62 bits per heavy atom. The minimum atomic E-state index is -0.579. The Labute approximate surface area is 103 Å². The van der Waals surface area contributed by atoms with E-state index in [4.69, 9.17) is 18.0 Å². The van der Waals surface area contributed by atoms with Gasteiger partial charge >= 0.3 is 6.03 Å². The van der Waals surface area contributed by atoms with Gasteiger partial charge in [-0.05, 0) is 33.6 Å². The summed E-state index contributed by atoms with van der Waals surface area (Å²) >= 11 is 5.02. The van der Waals surface area contributed by atoms with Gasteiger partial charge in [-0.1, -0.05) is 26.1 Å². The zero-order chi connectivity index (χ0) is 13.0. The third kappa shape index (κ3) is 4.35. The lowest BCUT2D eigenvalue weighted by molar-refractivity contribution is 0.223. The molecule has 16 heavy (non-hydrogen) atoms. The molecule has 0 spiro atoms. The van der Waals surface area contributed by atoms with Crippen molar-refractivity contribution in [3.8, 4) is 0 Å². The summed E-state index contributed by atoms with van der Waals surface area (Å²) in [5.41, 5.74) is 4.84. The Morgan fingerprint density at radius 1 is 1.19 bits per heavy atom. The van der Waals surface area contributed by atoms with Crippen LogP contribution in [0.15, 0.2) is 0 Å². The second-order valence-corrected chi connectivity index (χ2v) is 5.42. The van der Waals surface area contributed by atoms with Crippen LogP contribution in [0.1, 0.15) is 47.5 Å². The van der Waals surface area contributed by atoms with Gasteiger partial charge in [0.05, 0.1) is 10.5 Å². The fourth-order valence-corrected chi connectivity index (χ4v) is 1.77. The summed E-state index contributed by atoms with van der Waals surface area (Å²) in [6.45, 7) is 9.69. The highest BCUT2D eigenvalue weighted by atomic mass is 32.1. The van der Waals surface area contributed by atoms with Gasteiger partial charge in [0.1, 0.15) is 0 Å². The minimum Gasteiger partial charge on any atom is -0.391 e. The Hall–Kier alpha value is -0.840. The quantitative estimate of drug-likeness (QED) is 0.663. The smallest absolute Gasteiger partial charge is 0.315 e. The number of hydrogen-bond acceptors (Lipinski definition) is 2. The summed E-state index contributed by atoms with van der Waals surface area (Å²) < 4.78 is 0. The van der Waals surface area contributed by atoms with E-state index in [2.05, 4.69) is 10.6 Å². The average molecular weight is 245 g/mol. The lowest BCUT2D eigenvalue weighted by Crippen LogP contribution is -2.60. The number of thiocarbonyl (C=S) groups is 1. The first-order valence-electron chi connectivity index (χ1n) is 5.57. The summed E-state index contributed by atoms with van der Waals surface area (Å²) in [5.74, 6) is 0. The summed E-state index contributed by atoms with van der Waals surface area (Å²) in [4.78, 5) is 12.1. The molecule has 0 fully saturated rings. The molecule has 0 unspecified atom stereocenters. The number of nitrogens with two attached hydrogens (primary N) is 1. The maximum absolute atomic E-state index is 11.8. The second-order valence-electron chi connectivity index (χ2n) is 4.98. The maximum atomic E-state index is 11.8. The largest absolute Gasteiger partial charge is 0.391 e. The van der Waals surface area contributed by atoms with Crippen molar-refractivity contribution in [2.24, 2.45) is 5.73 Å². The molecule has 0 rings (SSSR count). The minimum absolute atomic E-state index is 0.232. The van der Waals surface area contributed by atoms with E-state index in [1.807, 2.05) is 34.6 Å². The van der Waals surface area contributed by atoms with E-state index in [9.17, 15) is 4.79 Å². The second kappa shape index (κ2) is 5.48. The molecule has 0 radical (unpaired) electrons. The lowest BCUT2D eigenvalue weighted by atomic mass is 9.93. The predicted molar refractivity (Wildman–Crippen MR) is 71.5 cm³/mol. The molecule has 0 heterocycles. The van der Waals surface area contributed by atoms with Crippen molar-refractivity contribution in [2.75, 3.05) is 0 Å². The van der Waals surface area contributed by atoms with Gasteiger partial charge in [-0.15, -0.1) is 0 Å². The number of hydrogen-bond donors (Lipinski definition) is 3. The molecule has 0 aliphatic heterocycles. The number of carbonyl (C=O) groups excluding carboxylic acids is 1. The first-order valence-corrected chi connectivity index (χ1v) is 5.98. The molecule has 0 atom stereocenters. The van der Waals surface area contributed by atoms with E-state index in [0.29, 0.717) is 17.8 Å². The molecule has 0 bridgehead atoms. The van der Waals surface area contributed by atoms with E-state index in [1.165, 1.54) is 0 Å². The van der Waals surface area contributed by atoms with Crippen LogP contribution in [0.4, 0.5) is 4.79 Å². The number of nitrogens with one attached hydrogen (secondary N) is 2. The van der Waals surface area contributed by atoms with Crippen LogP contribution in [-0.2, 0) is 0 Å². The lowest BCUT2D eigenvalue weighted by Gasteiger charge is -2.33. The fraction of sp³-hybridized carbons (Fsp3) is 0.818. The van der Waals surface area contributed by atoms with Gasteiger partial charge in [0.25, 0.3) is 0 Å². The van der Waals surface area contributed by atoms with Gasteiger partial charge in [0.15, 0.2) is 0 Å². The van der Waals surface area contributed by atoms with E-state index < -0.39 is 5.54 Å². The monoisotopic (exact) mass is 245 g/mol. The number of urea groups is 1. The summed E-state index contributed by atoms with van der Waals surface area (Å²) in [6, 6.07) is -0.232. The first kappa shape index (κ1) is 15.2. The molecule has 2 amide bonds. The molecule has 0 saturated carbocycles. The van der Waals surface area contributed by atoms with Gasteiger partial charge < -0.3 is 16.4 Å². The van der Waals surface area contributed by atoms with Gasteiger partial charge in [-0.3, -0.25) is 0 Å². The normalized spacial score (nSPS) is 12.1. The Bertz CT molecular complexity index is 267. The molecule has 5 heteroatoms. The Kier molecular flexibility index (Phi) is 5.19. The van der Waals surface area contributed by atoms with Crippen LogP contribution >= 0.6 is 12.2 Å². The average Bonchev–Trinajstić information content (AvgIpc) is 2.10. The molecule has 0 aromatic heterocycles. The summed E-state index contributed by atoms with van der Waals surface area (Å²) in [7, 11) is 0. The highest BCUT2D eigenvalue weighted by molar-refractivity contribution is 7.80. The van der Waals surface area contributed by atoms with Crippen molar-refractivity contribution in [3.63, 3.8) is 0 Å². The SMILES string of the molecule is CCC(CC)(NC(=O)NC(C)(C)C)C(N)=S. The van der Waals surface area contributed by atoms with E-state index >= 15 is 0 Å². The topological polar surface area (TPSA) is 67.2 Å². The van der Waals surface area contributed by atoms with E-state index in [1.54, 1.807) is 0 Å². The van der Waals surface area contributed by atoms with E-state index in [0.717, 1.165) is 0 Å². The van der Waals surface area contributed by atoms with Crippen LogP contribution in [0, 0.1) is 0 Å². The molecule has 0 aromatic carbocycles. The van der Waals surface area contributed by atoms with Crippen LogP contribution in [0.5, 0.6) is 0 Å². The van der Waals surface area contributed by atoms with Crippen LogP contribution in [0.2, 0.25) is 0 Å². The van der Waals surface area contributed by atoms with Gasteiger partial charge in [-0.25, -0.2) is 4.79 Å². The van der Waals surface area contributed by atoms with Gasteiger partial charge in [-0.2, -0.15) is 0 Å². The highest BCUT2D eigenvalue weighted by Crippen LogP contribution is 2.15. The third-order valence-corrected chi connectivity index (χ3v) is 2.91. The zero-order valence-electron chi connectivity index (χ0n) is 10.8. The van der Waals surface area contributed by atoms with Crippen molar-refractivity contribution >= 4 is 23.2 Å². The van der Waals surface area contributed by atoms with Crippen LogP contribution in [-0.4, -0.2) is 22.1 Å². The number of amides is 2. The highest BCUT2D eigenvalue weighted by Gasteiger charge is 2.32. The Morgan fingerprint density at radius 3 is 1.88 bits per heavy atom. The molecule has 4 nitrogen and oxygen atoms in total. The molecule has 0 aromatic rings. The number of rotatable bonds is 4. The molecular weight excluding hydrogens is 222 g/mol. The molecule has 4 N–H and O–H groups in total. The van der Waals surface area contributed by atoms with Crippen molar-refractivity contribution in [1.29, 1.82) is 0 Å². The predicted octanol–water partition coefficient (Wildman–Crippen LogP) is 1.93. The van der Waals surface area contributed by atoms with Crippen LogP contribution in [0.3, 0.4) is 0 Å². The summed E-state index contributed by atoms with van der Waals surface area (Å²) in [6.07, 6.45) is 1.38. The van der Waals surface area contributed by atoms with Crippen molar-refractivity contribution in [3.05, 3.63) is 0 Å².